The van der Waals surface area contributed by atoms with Gasteiger partial charge in [-0.25, -0.2) is 5.01 Å². The van der Waals surface area contributed by atoms with Gasteiger partial charge in [0.2, 0.25) is 5.91 Å². The molecule has 1 aliphatic rings. The number of amides is 1. The molecular weight excluding hydrogens is 214 g/mol. The monoisotopic (exact) mass is 233 g/mol. The van der Waals surface area contributed by atoms with E-state index in [2.05, 4.69) is 17.1 Å². The third kappa shape index (κ3) is 2.33. The van der Waals surface area contributed by atoms with E-state index < -0.39 is 0 Å². The number of carbonyl (C=O) groups is 1. The molecule has 1 amide bonds. The van der Waals surface area contributed by atoms with E-state index in [1.54, 1.807) is 0 Å². The van der Waals surface area contributed by atoms with Crippen molar-refractivity contribution in [3.05, 3.63) is 35.9 Å². The van der Waals surface area contributed by atoms with Gasteiger partial charge in [0.25, 0.3) is 0 Å². The molecule has 0 saturated carbocycles. The van der Waals surface area contributed by atoms with E-state index in [1.807, 2.05) is 30.1 Å². The van der Waals surface area contributed by atoms with Crippen molar-refractivity contribution < 1.29 is 4.79 Å². The number of rotatable bonds is 4. The van der Waals surface area contributed by atoms with Crippen molar-refractivity contribution in [2.24, 2.45) is 5.73 Å². The van der Waals surface area contributed by atoms with Crippen molar-refractivity contribution in [3.8, 4) is 0 Å². The minimum atomic E-state index is 0.146. The molecule has 17 heavy (non-hydrogen) atoms. The third-order valence-electron chi connectivity index (χ3n) is 3.17. The minimum absolute atomic E-state index is 0.146. The van der Waals surface area contributed by atoms with Gasteiger partial charge in [-0.1, -0.05) is 30.3 Å². The second-order valence-electron chi connectivity index (χ2n) is 4.19. The smallest absolute Gasteiger partial charge is 0.238 e. The Morgan fingerprint density at radius 3 is 2.65 bits per heavy atom. The Hall–Kier alpha value is -1.39. The normalized spacial score (nSPS) is 21.2. The van der Waals surface area contributed by atoms with Gasteiger partial charge < -0.3 is 5.73 Å². The number of benzene rings is 1. The quantitative estimate of drug-likeness (QED) is 0.849. The molecule has 0 radical (unpaired) electrons. The number of hydrogen-bond donors (Lipinski definition) is 1. The van der Waals surface area contributed by atoms with Gasteiger partial charge in [-0.2, -0.15) is 0 Å². The predicted octanol–water partition coefficient (Wildman–Crippen LogP) is 1.16. The van der Waals surface area contributed by atoms with E-state index in [0.717, 1.165) is 6.54 Å². The average Bonchev–Trinajstić information content (AvgIpc) is 2.67. The Labute approximate surface area is 102 Å². The van der Waals surface area contributed by atoms with Gasteiger partial charge in [-0.05, 0) is 12.5 Å². The van der Waals surface area contributed by atoms with Crippen molar-refractivity contribution in [1.29, 1.82) is 0 Å². The summed E-state index contributed by atoms with van der Waals surface area (Å²) in [6.07, 6.45) is 0.553. The summed E-state index contributed by atoms with van der Waals surface area (Å²) < 4.78 is 0. The SMILES string of the molecule is CCN1C(=O)CC(c2ccccc2)N1CCN. The van der Waals surface area contributed by atoms with Crippen molar-refractivity contribution in [3.63, 3.8) is 0 Å². The summed E-state index contributed by atoms with van der Waals surface area (Å²) in [5.74, 6) is 0.190. The molecule has 1 aromatic rings. The van der Waals surface area contributed by atoms with Gasteiger partial charge in [0.05, 0.1) is 6.04 Å². The molecule has 2 rings (SSSR count). The van der Waals surface area contributed by atoms with E-state index in [1.165, 1.54) is 5.56 Å². The zero-order valence-corrected chi connectivity index (χ0v) is 10.2. The highest BCUT2D eigenvalue weighted by molar-refractivity contribution is 5.78. The maximum Gasteiger partial charge on any atom is 0.238 e. The van der Waals surface area contributed by atoms with E-state index >= 15 is 0 Å². The summed E-state index contributed by atoms with van der Waals surface area (Å²) in [4.78, 5) is 11.9. The average molecular weight is 233 g/mol. The van der Waals surface area contributed by atoms with Gasteiger partial charge >= 0.3 is 0 Å². The van der Waals surface area contributed by atoms with Crippen LogP contribution >= 0.6 is 0 Å². The van der Waals surface area contributed by atoms with E-state index in [-0.39, 0.29) is 11.9 Å². The van der Waals surface area contributed by atoms with Crippen LogP contribution in [0.15, 0.2) is 30.3 Å². The lowest BCUT2D eigenvalue weighted by Crippen LogP contribution is -2.42. The summed E-state index contributed by atoms with van der Waals surface area (Å²) in [6, 6.07) is 10.3. The summed E-state index contributed by atoms with van der Waals surface area (Å²) in [6.45, 7) is 3.99. The topological polar surface area (TPSA) is 49.6 Å². The van der Waals surface area contributed by atoms with Crippen LogP contribution in [0.4, 0.5) is 0 Å². The largest absolute Gasteiger partial charge is 0.329 e. The number of hydrogen-bond acceptors (Lipinski definition) is 3. The van der Waals surface area contributed by atoms with Crippen LogP contribution in [0.3, 0.4) is 0 Å². The van der Waals surface area contributed by atoms with Gasteiger partial charge in [0, 0.05) is 26.1 Å². The standard InChI is InChI=1S/C13H19N3O/c1-2-15-13(17)10-12(16(15)9-8-14)11-6-4-3-5-7-11/h3-7,12H,2,8-10,14H2,1H3. The Morgan fingerprint density at radius 1 is 1.35 bits per heavy atom. The molecule has 1 aliphatic heterocycles. The van der Waals surface area contributed by atoms with Crippen LogP contribution in [0.2, 0.25) is 0 Å². The zero-order chi connectivity index (χ0) is 12.3. The lowest BCUT2D eigenvalue weighted by molar-refractivity contribution is -0.138. The molecule has 0 spiro atoms. The maximum absolute atomic E-state index is 11.9. The number of nitrogens with two attached hydrogens (primary N) is 1. The first-order valence-electron chi connectivity index (χ1n) is 6.09. The Morgan fingerprint density at radius 2 is 2.06 bits per heavy atom. The molecule has 1 fully saturated rings. The fourth-order valence-electron chi connectivity index (χ4n) is 2.42. The Kier molecular flexibility index (Phi) is 3.76. The molecule has 92 valence electrons. The summed E-state index contributed by atoms with van der Waals surface area (Å²) >= 11 is 0. The van der Waals surface area contributed by atoms with Crippen LogP contribution in [-0.4, -0.2) is 35.6 Å². The second-order valence-corrected chi connectivity index (χ2v) is 4.19. The fraction of sp³-hybridized carbons (Fsp3) is 0.462. The highest BCUT2D eigenvalue weighted by Crippen LogP contribution is 2.32. The fourth-order valence-corrected chi connectivity index (χ4v) is 2.42. The summed E-state index contributed by atoms with van der Waals surface area (Å²) in [7, 11) is 0. The van der Waals surface area contributed by atoms with Crippen LogP contribution in [0.5, 0.6) is 0 Å². The lowest BCUT2D eigenvalue weighted by Gasteiger charge is -2.31. The molecule has 1 heterocycles. The number of carbonyl (C=O) groups excluding carboxylic acids is 1. The maximum atomic E-state index is 11.9. The highest BCUT2D eigenvalue weighted by atomic mass is 16.2. The van der Waals surface area contributed by atoms with Crippen molar-refractivity contribution >= 4 is 5.91 Å². The first-order valence-corrected chi connectivity index (χ1v) is 6.09. The van der Waals surface area contributed by atoms with Gasteiger partial charge in [-0.15, -0.1) is 0 Å². The second kappa shape index (κ2) is 5.29. The first-order chi connectivity index (χ1) is 8.27. The molecule has 0 aliphatic carbocycles. The van der Waals surface area contributed by atoms with Gasteiger partial charge in [-0.3, -0.25) is 9.80 Å². The third-order valence-corrected chi connectivity index (χ3v) is 3.17. The summed E-state index contributed by atoms with van der Waals surface area (Å²) in [5, 5.41) is 3.90. The first kappa shape index (κ1) is 12.1. The van der Waals surface area contributed by atoms with E-state index in [4.69, 9.17) is 5.73 Å². The van der Waals surface area contributed by atoms with Crippen LogP contribution in [0.1, 0.15) is 24.9 Å². The van der Waals surface area contributed by atoms with Crippen LogP contribution in [-0.2, 0) is 4.79 Å². The molecular formula is C13H19N3O. The van der Waals surface area contributed by atoms with Gasteiger partial charge in [0.1, 0.15) is 0 Å². The van der Waals surface area contributed by atoms with Crippen LogP contribution in [0, 0.1) is 0 Å². The molecule has 0 bridgehead atoms. The van der Waals surface area contributed by atoms with Crippen molar-refractivity contribution in [2.45, 2.75) is 19.4 Å². The summed E-state index contributed by atoms with van der Waals surface area (Å²) in [5.41, 5.74) is 6.82. The molecule has 1 unspecified atom stereocenters. The number of nitrogens with zero attached hydrogens (tertiary/aromatic N) is 2. The molecule has 1 saturated heterocycles. The van der Waals surface area contributed by atoms with Crippen LogP contribution < -0.4 is 5.73 Å². The zero-order valence-electron chi connectivity index (χ0n) is 10.2. The Balaban J connectivity index is 2.24. The molecule has 0 aromatic heterocycles. The molecule has 2 N–H and O–H groups in total. The van der Waals surface area contributed by atoms with Gasteiger partial charge in [0.15, 0.2) is 0 Å². The van der Waals surface area contributed by atoms with Crippen molar-refractivity contribution in [2.75, 3.05) is 19.6 Å². The highest BCUT2D eigenvalue weighted by Gasteiger charge is 2.36. The van der Waals surface area contributed by atoms with E-state index in [0.29, 0.717) is 19.5 Å². The molecule has 1 aromatic carbocycles. The number of hydrazine groups is 1. The Bertz CT molecular complexity index is 380. The molecule has 4 nitrogen and oxygen atoms in total. The molecule has 1 atom stereocenters. The lowest BCUT2D eigenvalue weighted by atomic mass is 10.0. The van der Waals surface area contributed by atoms with E-state index in [9.17, 15) is 4.79 Å². The van der Waals surface area contributed by atoms with Crippen LogP contribution in [0.25, 0.3) is 0 Å². The predicted molar refractivity (Wildman–Crippen MR) is 66.9 cm³/mol. The minimum Gasteiger partial charge on any atom is -0.329 e. The van der Waals surface area contributed by atoms with Crippen molar-refractivity contribution in [1.82, 2.24) is 10.0 Å². The molecule has 4 heteroatoms.